The topological polar surface area (TPSA) is 59.1 Å². The van der Waals surface area contributed by atoms with Crippen LogP contribution in [0.15, 0.2) is 46.0 Å². The minimum Gasteiger partial charge on any atom is -0.245 e. The highest BCUT2D eigenvalue weighted by molar-refractivity contribution is 7.91. The van der Waals surface area contributed by atoms with Crippen molar-refractivity contribution in [3.63, 3.8) is 0 Å². The van der Waals surface area contributed by atoms with E-state index in [1.165, 1.54) is 16.2 Å². The average Bonchev–Trinajstić information content (AvgIpc) is 3.16. The molecule has 0 saturated carbocycles. The monoisotopic (exact) mass is 364 g/mol. The molecule has 0 saturated heterocycles. The second kappa shape index (κ2) is 6.52. The maximum absolute atomic E-state index is 12.4. The zero-order valence-corrected chi connectivity index (χ0v) is 15.2. The Morgan fingerprint density at radius 2 is 1.87 bits per heavy atom. The third-order valence-corrected chi connectivity index (χ3v) is 7.33. The molecular weight excluding hydrogens is 348 g/mol. The first kappa shape index (κ1) is 16.3. The number of benzene rings is 1. The standard InChI is InChI=1S/C16H16N2O2S3/c1-11-16(22-12(2)18-11)23(19,20)17-10-13-5-7-14(8-6-13)15-4-3-9-21-15/h3-9,17H,10H2,1-2H3. The highest BCUT2D eigenvalue weighted by Crippen LogP contribution is 2.25. The molecule has 1 aromatic carbocycles. The summed E-state index contributed by atoms with van der Waals surface area (Å²) in [7, 11) is -3.51. The Kier molecular flexibility index (Phi) is 4.63. The van der Waals surface area contributed by atoms with Gasteiger partial charge < -0.3 is 0 Å². The van der Waals surface area contributed by atoms with Crippen molar-refractivity contribution in [2.24, 2.45) is 0 Å². The Labute approximate surface area is 143 Å². The van der Waals surface area contributed by atoms with E-state index >= 15 is 0 Å². The molecule has 0 atom stereocenters. The van der Waals surface area contributed by atoms with E-state index in [1.807, 2.05) is 35.7 Å². The van der Waals surface area contributed by atoms with Crippen molar-refractivity contribution in [1.29, 1.82) is 0 Å². The minimum atomic E-state index is -3.51. The van der Waals surface area contributed by atoms with Gasteiger partial charge in [-0.1, -0.05) is 30.3 Å². The molecule has 0 bridgehead atoms. The minimum absolute atomic E-state index is 0.267. The average molecular weight is 365 g/mol. The zero-order chi connectivity index (χ0) is 16.4. The van der Waals surface area contributed by atoms with E-state index in [-0.39, 0.29) is 6.54 Å². The quantitative estimate of drug-likeness (QED) is 0.745. The van der Waals surface area contributed by atoms with Gasteiger partial charge in [-0.05, 0) is 36.4 Å². The molecule has 0 aliphatic heterocycles. The van der Waals surface area contributed by atoms with Crippen LogP contribution in [0.25, 0.3) is 10.4 Å². The molecule has 0 amide bonds. The number of rotatable bonds is 5. The van der Waals surface area contributed by atoms with Crippen molar-refractivity contribution in [2.45, 2.75) is 24.6 Å². The Hall–Kier alpha value is -1.54. The molecule has 2 aromatic heterocycles. The fraction of sp³-hybridized carbons (Fsp3) is 0.188. The molecule has 4 nitrogen and oxygen atoms in total. The van der Waals surface area contributed by atoms with Gasteiger partial charge in [0.1, 0.15) is 0 Å². The number of aromatic nitrogens is 1. The summed E-state index contributed by atoms with van der Waals surface area (Å²) >= 11 is 2.88. The highest BCUT2D eigenvalue weighted by Gasteiger charge is 2.20. The second-order valence-electron chi connectivity index (χ2n) is 5.10. The number of thiazole rings is 1. The van der Waals surface area contributed by atoms with Gasteiger partial charge in [0.05, 0.1) is 10.7 Å². The molecule has 0 aliphatic carbocycles. The van der Waals surface area contributed by atoms with Gasteiger partial charge in [0, 0.05) is 11.4 Å². The molecule has 1 N–H and O–H groups in total. The first-order valence-corrected chi connectivity index (χ1v) is 10.2. The summed E-state index contributed by atoms with van der Waals surface area (Å²) in [5, 5.41) is 2.79. The number of hydrogen-bond acceptors (Lipinski definition) is 5. The molecule has 120 valence electrons. The predicted octanol–water partition coefficient (Wildman–Crippen LogP) is 3.97. The van der Waals surface area contributed by atoms with Gasteiger partial charge in [-0.25, -0.2) is 18.1 Å². The van der Waals surface area contributed by atoms with E-state index in [9.17, 15) is 8.42 Å². The molecule has 0 spiro atoms. The second-order valence-corrected chi connectivity index (χ2v) is 9.22. The van der Waals surface area contributed by atoms with E-state index < -0.39 is 10.0 Å². The molecule has 7 heteroatoms. The number of sulfonamides is 1. The summed E-state index contributed by atoms with van der Waals surface area (Å²) in [4.78, 5) is 5.37. The molecule has 0 unspecified atom stereocenters. The largest absolute Gasteiger partial charge is 0.252 e. The summed E-state index contributed by atoms with van der Waals surface area (Å²) < 4.78 is 27.7. The van der Waals surface area contributed by atoms with Crippen LogP contribution in [0, 0.1) is 13.8 Å². The fourth-order valence-corrected chi connectivity index (χ4v) is 5.51. The Bertz CT molecular complexity index is 895. The molecule has 23 heavy (non-hydrogen) atoms. The maximum Gasteiger partial charge on any atom is 0.252 e. The van der Waals surface area contributed by atoms with E-state index in [2.05, 4.69) is 15.8 Å². The van der Waals surface area contributed by atoms with Gasteiger partial charge in [0.2, 0.25) is 0 Å². The summed E-state index contributed by atoms with van der Waals surface area (Å²) in [5.41, 5.74) is 2.61. The molecule has 3 rings (SSSR count). The number of nitrogens with one attached hydrogen (secondary N) is 1. The van der Waals surface area contributed by atoms with E-state index in [0.29, 0.717) is 9.90 Å². The lowest BCUT2D eigenvalue weighted by Gasteiger charge is -2.06. The third-order valence-electron chi connectivity index (χ3n) is 3.33. The summed E-state index contributed by atoms with van der Waals surface area (Å²) in [6, 6.07) is 12.0. The van der Waals surface area contributed by atoms with Crippen molar-refractivity contribution < 1.29 is 8.42 Å². The van der Waals surface area contributed by atoms with Gasteiger partial charge >= 0.3 is 0 Å². The summed E-state index contributed by atoms with van der Waals surface area (Å²) in [6.07, 6.45) is 0. The number of hydrogen-bond donors (Lipinski definition) is 1. The highest BCUT2D eigenvalue weighted by atomic mass is 32.2. The van der Waals surface area contributed by atoms with Gasteiger partial charge in [-0.3, -0.25) is 0 Å². The molecule has 0 radical (unpaired) electrons. The van der Waals surface area contributed by atoms with Crippen molar-refractivity contribution in [3.8, 4) is 10.4 Å². The summed E-state index contributed by atoms with van der Waals surface area (Å²) in [6.45, 7) is 3.79. The molecule has 2 heterocycles. The first-order chi connectivity index (χ1) is 11.0. The van der Waals surface area contributed by atoms with Gasteiger partial charge in [-0.2, -0.15) is 0 Å². The molecular formula is C16H16N2O2S3. The first-order valence-electron chi connectivity index (χ1n) is 7.02. The van der Waals surface area contributed by atoms with Crippen molar-refractivity contribution >= 4 is 32.7 Å². The van der Waals surface area contributed by atoms with E-state index in [0.717, 1.165) is 16.1 Å². The predicted molar refractivity (Wildman–Crippen MR) is 95.4 cm³/mol. The van der Waals surface area contributed by atoms with Crippen molar-refractivity contribution in [1.82, 2.24) is 9.71 Å². The van der Waals surface area contributed by atoms with E-state index in [4.69, 9.17) is 0 Å². The van der Waals surface area contributed by atoms with Gasteiger partial charge in [0.25, 0.3) is 10.0 Å². The van der Waals surface area contributed by atoms with Crippen LogP contribution in [0.5, 0.6) is 0 Å². The van der Waals surface area contributed by atoms with Crippen LogP contribution in [-0.4, -0.2) is 13.4 Å². The molecule has 0 aliphatic rings. The van der Waals surface area contributed by atoms with E-state index in [1.54, 1.807) is 25.2 Å². The number of thiophene rings is 1. The Balaban J connectivity index is 1.72. The van der Waals surface area contributed by atoms with Crippen molar-refractivity contribution in [3.05, 3.63) is 58.0 Å². The lowest BCUT2D eigenvalue weighted by molar-refractivity contribution is 0.582. The lowest BCUT2D eigenvalue weighted by Crippen LogP contribution is -2.23. The Morgan fingerprint density at radius 1 is 1.13 bits per heavy atom. The van der Waals surface area contributed by atoms with Crippen LogP contribution >= 0.6 is 22.7 Å². The fourth-order valence-electron chi connectivity index (χ4n) is 2.24. The smallest absolute Gasteiger partial charge is 0.245 e. The van der Waals surface area contributed by atoms with Crippen molar-refractivity contribution in [2.75, 3.05) is 0 Å². The third kappa shape index (κ3) is 3.69. The number of nitrogens with zero attached hydrogens (tertiary/aromatic N) is 1. The van der Waals surface area contributed by atoms with Gasteiger partial charge in [0.15, 0.2) is 4.21 Å². The van der Waals surface area contributed by atoms with Crippen LogP contribution in [0.2, 0.25) is 0 Å². The van der Waals surface area contributed by atoms with Crippen LogP contribution in [-0.2, 0) is 16.6 Å². The number of aryl methyl sites for hydroxylation is 2. The molecule has 3 aromatic rings. The van der Waals surface area contributed by atoms with Crippen LogP contribution < -0.4 is 4.72 Å². The van der Waals surface area contributed by atoms with Crippen LogP contribution in [0.3, 0.4) is 0 Å². The maximum atomic E-state index is 12.4. The zero-order valence-electron chi connectivity index (χ0n) is 12.7. The van der Waals surface area contributed by atoms with Gasteiger partial charge in [-0.15, -0.1) is 22.7 Å². The molecule has 0 fully saturated rings. The lowest BCUT2D eigenvalue weighted by atomic mass is 10.1. The summed E-state index contributed by atoms with van der Waals surface area (Å²) in [5.74, 6) is 0. The SMILES string of the molecule is Cc1nc(C)c(S(=O)(=O)NCc2ccc(-c3cccs3)cc2)s1. The normalized spacial score (nSPS) is 11.7. The Morgan fingerprint density at radius 3 is 2.43 bits per heavy atom. The van der Waals surface area contributed by atoms with Crippen LogP contribution in [0.4, 0.5) is 0 Å². The van der Waals surface area contributed by atoms with Crippen LogP contribution in [0.1, 0.15) is 16.3 Å².